The van der Waals surface area contributed by atoms with E-state index in [1.807, 2.05) is 0 Å². The van der Waals surface area contributed by atoms with Gasteiger partial charge in [0.25, 0.3) is 0 Å². The van der Waals surface area contributed by atoms with Crippen LogP contribution in [-0.2, 0) is 4.74 Å². The molecule has 4 rings (SSSR count). The largest absolute Gasteiger partial charge is 0.461 e. The molecule has 1 saturated heterocycles. The average molecular weight is 430 g/mol. The third kappa shape index (κ3) is 3.50. The number of benzene rings is 2. The van der Waals surface area contributed by atoms with Gasteiger partial charge in [0.1, 0.15) is 35.7 Å². The summed E-state index contributed by atoms with van der Waals surface area (Å²) in [7, 11) is 0. The first-order chi connectivity index (χ1) is 14.7. The summed E-state index contributed by atoms with van der Waals surface area (Å²) < 4.78 is 16.5. The molecule has 31 heavy (non-hydrogen) atoms. The van der Waals surface area contributed by atoms with Gasteiger partial charge in [-0.2, -0.15) is 0 Å². The second-order valence-electron chi connectivity index (χ2n) is 7.57. The van der Waals surface area contributed by atoms with Crippen molar-refractivity contribution in [3.8, 4) is 5.75 Å². The molecule has 1 aliphatic heterocycles. The summed E-state index contributed by atoms with van der Waals surface area (Å²) in [5, 5.41) is 41.1. The minimum Gasteiger partial charge on any atom is -0.461 e. The van der Waals surface area contributed by atoms with Crippen LogP contribution in [0.2, 0.25) is 0 Å². The van der Waals surface area contributed by atoms with Crippen molar-refractivity contribution in [3.63, 3.8) is 0 Å². The van der Waals surface area contributed by atoms with Gasteiger partial charge in [-0.05, 0) is 31.5 Å². The third-order valence-corrected chi connectivity index (χ3v) is 5.52. The Hall–Kier alpha value is -2.82. The second-order valence-corrected chi connectivity index (χ2v) is 7.57. The van der Waals surface area contributed by atoms with Gasteiger partial charge in [-0.15, -0.1) is 0 Å². The lowest BCUT2D eigenvalue weighted by Crippen LogP contribution is -2.60. The fourth-order valence-corrected chi connectivity index (χ4v) is 3.91. The van der Waals surface area contributed by atoms with Crippen molar-refractivity contribution in [3.05, 3.63) is 51.9 Å². The molecule has 4 N–H and O–H groups in total. The van der Waals surface area contributed by atoms with E-state index < -0.39 is 48.7 Å². The van der Waals surface area contributed by atoms with Crippen molar-refractivity contribution in [2.24, 2.45) is 0 Å². The molecule has 0 saturated carbocycles. The van der Waals surface area contributed by atoms with Crippen LogP contribution >= 0.6 is 0 Å². The SMILES string of the molecule is CC(=O)c1c(O[C@@H]2O[C@H](CO)[C@@H](O)[C@H](O)[C@H]2O)ccc2c1oc(=O)c1c(C)cccc12. The number of aliphatic hydroxyl groups is 4. The van der Waals surface area contributed by atoms with Crippen LogP contribution in [0.25, 0.3) is 21.7 Å². The Labute approximate surface area is 176 Å². The van der Waals surface area contributed by atoms with Gasteiger partial charge in [-0.3, -0.25) is 4.79 Å². The Morgan fingerprint density at radius 3 is 2.48 bits per heavy atom. The number of ketones is 1. The van der Waals surface area contributed by atoms with E-state index in [1.54, 1.807) is 31.2 Å². The summed E-state index contributed by atoms with van der Waals surface area (Å²) in [4.78, 5) is 25.1. The number of rotatable bonds is 4. The number of hydrogen-bond acceptors (Lipinski definition) is 9. The number of fused-ring (bicyclic) bond motifs is 3. The van der Waals surface area contributed by atoms with E-state index in [0.29, 0.717) is 16.2 Å². The first-order valence-corrected chi connectivity index (χ1v) is 9.71. The number of hydrogen-bond donors (Lipinski definition) is 4. The van der Waals surface area contributed by atoms with Gasteiger partial charge in [-0.1, -0.05) is 18.2 Å². The van der Waals surface area contributed by atoms with Crippen molar-refractivity contribution >= 4 is 27.5 Å². The van der Waals surface area contributed by atoms with Gasteiger partial charge in [-0.25, -0.2) is 4.79 Å². The van der Waals surface area contributed by atoms with Crippen molar-refractivity contribution < 1.29 is 39.1 Å². The Bertz CT molecular complexity index is 1210. The number of ether oxygens (including phenoxy) is 2. The van der Waals surface area contributed by atoms with E-state index in [0.717, 1.165) is 5.56 Å². The van der Waals surface area contributed by atoms with Gasteiger partial charge in [0, 0.05) is 10.8 Å². The van der Waals surface area contributed by atoms with E-state index in [9.17, 15) is 30.0 Å². The molecule has 0 aliphatic carbocycles. The Balaban J connectivity index is 1.86. The fourth-order valence-electron chi connectivity index (χ4n) is 3.91. The summed E-state index contributed by atoms with van der Waals surface area (Å²) in [6.45, 7) is 2.44. The van der Waals surface area contributed by atoms with Crippen LogP contribution < -0.4 is 10.4 Å². The summed E-state index contributed by atoms with van der Waals surface area (Å²) in [5.74, 6) is -0.500. The highest BCUT2D eigenvalue weighted by molar-refractivity contribution is 6.14. The molecule has 5 atom stereocenters. The normalized spacial score (nSPS) is 26.3. The second kappa shape index (κ2) is 8.03. The van der Waals surface area contributed by atoms with Gasteiger partial charge in [0.05, 0.1) is 12.0 Å². The molecule has 1 aliphatic rings. The van der Waals surface area contributed by atoms with Crippen LogP contribution in [0.4, 0.5) is 0 Å². The number of carbonyl (C=O) groups is 1. The number of aliphatic hydroxyl groups excluding tert-OH is 4. The van der Waals surface area contributed by atoms with Gasteiger partial charge < -0.3 is 34.3 Å². The van der Waals surface area contributed by atoms with Crippen LogP contribution in [0.5, 0.6) is 5.75 Å². The standard InChI is InChI=1S/C22H22O9/c1-9-4-3-5-11-12-6-7-13(16(10(2)24)20(12)31-21(28)15(9)11)29-22-19(27)18(26)17(25)14(8-23)30-22/h3-7,14,17-19,22-23,25-27H,8H2,1-2H3/t14-,17-,18+,19-,22-/m1/s1. The van der Waals surface area contributed by atoms with Gasteiger partial charge in [0.2, 0.25) is 6.29 Å². The van der Waals surface area contributed by atoms with Crippen molar-refractivity contribution in [2.75, 3.05) is 6.61 Å². The highest BCUT2D eigenvalue weighted by atomic mass is 16.7. The first-order valence-electron chi connectivity index (χ1n) is 9.71. The molecule has 0 amide bonds. The molecule has 0 radical (unpaired) electrons. The van der Waals surface area contributed by atoms with Crippen LogP contribution in [0.3, 0.4) is 0 Å². The van der Waals surface area contributed by atoms with Crippen LogP contribution in [0.15, 0.2) is 39.5 Å². The number of Topliss-reactive ketones (excluding diaryl/α,β-unsaturated/α-hetero) is 1. The lowest BCUT2D eigenvalue weighted by Gasteiger charge is -2.39. The smallest absolute Gasteiger partial charge is 0.344 e. The molecule has 0 unspecified atom stereocenters. The quantitative estimate of drug-likeness (QED) is 0.266. The monoisotopic (exact) mass is 430 g/mol. The molecule has 0 spiro atoms. The van der Waals surface area contributed by atoms with Crippen molar-refractivity contribution in [1.29, 1.82) is 0 Å². The van der Waals surface area contributed by atoms with Crippen LogP contribution in [0.1, 0.15) is 22.8 Å². The maximum absolute atomic E-state index is 12.6. The minimum atomic E-state index is -1.65. The van der Waals surface area contributed by atoms with E-state index in [1.165, 1.54) is 13.0 Å². The maximum atomic E-state index is 12.6. The minimum absolute atomic E-state index is 0.0256. The maximum Gasteiger partial charge on any atom is 0.344 e. The van der Waals surface area contributed by atoms with Gasteiger partial charge >= 0.3 is 5.63 Å². The summed E-state index contributed by atoms with van der Waals surface area (Å²) in [5.41, 5.74) is 0.125. The molecular weight excluding hydrogens is 408 g/mol. The zero-order valence-electron chi connectivity index (χ0n) is 16.8. The summed E-state index contributed by atoms with van der Waals surface area (Å²) in [6, 6.07) is 8.42. The van der Waals surface area contributed by atoms with E-state index in [4.69, 9.17) is 13.9 Å². The fraction of sp³-hybridized carbons (Fsp3) is 0.364. The molecule has 3 aromatic rings. The summed E-state index contributed by atoms with van der Waals surface area (Å²) in [6.07, 6.45) is -7.49. The van der Waals surface area contributed by atoms with E-state index in [2.05, 4.69) is 0 Å². The molecule has 1 aromatic heterocycles. The molecule has 1 fully saturated rings. The lowest BCUT2D eigenvalue weighted by atomic mass is 9.98. The van der Waals surface area contributed by atoms with E-state index >= 15 is 0 Å². The Morgan fingerprint density at radius 1 is 1.06 bits per heavy atom. The van der Waals surface area contributed by atoms with Crippen molar-refractivity contribution in [2.45, 2.75) is 44.6 Å². The Morgan fingerprint density at radius 2 is 1.81 bits per heavy atom. The molecule has 164 valence electrons. The Kier molecular flexibility index (Phi) is 5.54. The number of carbonyl (C=O) groups excluding carboxylic acids is 1. The third-order valence-electron chi connectivity index (χ3n) is 5.52. The van der Waals surface area contributed by atoms with Crippen LogP contribution in [-0.4, -0.2) is 63.5 Å². The predicted octanol–water partition coefficient (Wildman–Crippen LogP) is 0.636. The topological polar surface area (TPSA) is 147 Å². The molecule has 9 nitrogen and oxygen atoms in total. The summed E-state index contributed by atoms with van der Waals surface area (Å²) >= 11 is 0. The molecule has 0 bridgehead atoms. The zero-order chi connectivity index (χ0) is 22.4. The molecular formula is C22H22O9. The van der Waals surface area contributed by atoms with Crippen LogP contribution in [0, 0.1) is 6.92 Å². The molecule has 2 aromatic carbocycles. The molecule has 2 heterocycles. The highest BCUT2D eigenvalue weighted by Gasteiger charge is 2.45. The van der Waals surface area contributed by atoms with Gasteiger partial charge in [0.15, 0.2) is 11.4 Å². The average Bonchev–Trinajstić information content (AvgIpc) is 2.73. The highest BCUT2D eigenvalue weighted by Crippen LogP contribution is 2.34. The number of aryl methyl sites for hydroxylation is 1. The van der Waals surface area contributed by atoms with Crippen molar-refractivity contribution in [1.82, 2.24) is 0 Å². The zero-order valence-corrected chi connectivity index (χ0v) is 16.8. The first kappa shape index (κ1) is 21.4. The predicted molar refractivity (Wildman–Crippen MR) is 109 cm³/mol. The molecule has 9 heteroatoms. The lowest BCUT2D eigenvalue weighted by molar-refractivity contribution is -0.277. The van der Waals surface area contributed by atoms with E-state index in [-0.39, 0.29) is 16.9 Å².